The van der Waals surface area contributed by atoms with Gasteiger partial charge in [-0.1, -0.05) is 244 Å². The second kappa shape index (κ2) is 50.2. The van der Waals surface area contributed by atoms with Crippen molar-refractivity contribution < 1.29 is 42.9 Å². The van der Waals surface area contributed by atoms with Crippen LogP contribution < -0.4 is 0 Å². The summed E-state index contributed by atoms with van der Waals surface area (Å²) in [5.74, 6) is -2.01. The molecule has 0 bridgehead atoms. The highest BCUT2D eigenvalue weighted by Crippen LogP contribution is 2.17. The van der Waals surface area contributed by atoms with Gasteiger partial charge in [-0.15, -0.1) is 0 Å². The Kier molecular flexibility index (Phi) is 48.5. The average molecular weight is 950 g/mol. The largest absolute Gasteiger partial charge is 0.477 e. The number of likely N-dealkylation sites (N-methyl/N-ethyl adjacent to an activating group) is 1. The third-order valence-corrected chi connectivity index (χ3v) is 12.7. The Hall–Kier alpha value is -2.23. The number of hydrogen-bond donors (Lipinski definition) is 1. The van der Waals surface area contributed by atoms with Gasteiger partial charge in [0, 0.05) is 12.8 Å². The van der Waals surface area contributed by atoms with E-state index in [4.69, 9.17) is 18.9 Å². The lowest BCUT2D eigenvalue weighted by Crippen LogP contribution is -2.40. The summed E-state index contributed by atoms with van der Waals surface area (Å²) >= 11 is 0. The van der Waals surface area contributed by atoms with Gasteiger partial charge in [0.25, 0.3) is 6.29 Å². The summed E-state index contributed by atoms with van der Waals surface area (Å²) in [6, 6.07) is 0. The molecule has 0 heterocycles. The number of unbranched alkanes of at least 4 members (excludes halogenated alkanes) is 34. The minimum Gasteiger partial charge on any atom is -0.477 e. The SMILES string of the molecule is CCC/C=C\C/C=C\CCCCCCCC(=O)OC(COC(=O)CCCCCCCCCCCCCCCCCCCCCCCCCCCCCCC)COC(OCC[N+](C)(C)C)C(=O)O. The molecule has 9 heteroatoms. The van der Waals surface area contributed by atoms with E-state index in [1.54, 1.807) is 0 Å². The Balaban J connectivity index is 4.07. The molecule has 2 unspecified atom stereocenters. The molecule has 0 radical (unpaired) electrons. The van der Waals surface area contributed by atoms with E-state index in [1.807, 2.05) is 21.1 Å². The highest BCUT2D eigenvalue weighted by molar-refractivity contribution is 5.71. The maximum atomic E-state index is 12.8. The average Bonchev–Trinajstić information content (AvgIpc) is 3.29. The molecule has 0 aliphatic carbocycles. The minimum absolute atomic E-state index is 0.183. The van der Waals surface area contributed by atoms with Crippen LogP contribution in [-0.2, 0) is 33.3 Å². The Morgan fingerprint density at radius 3 is 1.24 bits per heavy atom. The second-order valence-electron chi connectivity index (χ2n) is 20.6. The normalized spacial score (nSPS) is 12.9. The van der Waals surface area contributed by atoms with Crippen molar-refractivity contribution in [2.24, 2.45) is 0 Å². The van der Waals surface area contributed by atoms with Gasteiger partial charge in [-0.3, -0.25) is 9.59 Å². The summed E-state index contributed by atoms with van der Waals surface area (Å²) in [4.78, 5) is 37.3. The fraction of sp³-hybridized carbons (Fsp3) is 0.879. The molecule has 0 saturated carbocycles. The first-order valence-electron chi connectivity index (χ1n) is 28.5. The molecule has 67 heavy (non-hydrogen) atoms. The third kappa shape index (κ3) is 51.4. The Bertz CT molecular complexity index is 1150. The van der Waals surface area contributed by atoms with Gasteiger partial charge < -0.3 is 28.5 Å². The molecule has 9 nitrogen and oxygen atoms in total. The standard InChI is InChI=1S/C58H109NO8/c1-6-8-10-12-14-16-18-20-21-22-23-24-25-26-27-28-29-30-31-32-33-34-35-37-38-40-42-44-46-48-55(60)65-52-54(53-66-58(57(62)63)64-51-50-59(3,4)5)67-56(61)49-47-45-43-41-39-36-19-17-15-13-11-9-7-2/h11,13,17,19,54,58H,6-10,12,14-16,18,20-53H2,1-5H3/p+1/b13-11-,19-17-. The number of allylic oxidation sites excluding steroid dienone is 4. The van der Waals surface area contributed by atoms with E-state index < -0.39 is 24.3 Å². The van der Waals surface area contributed by atoms with E-state index in [1.165, 1.54) is 173 Å². The summed E-state index contributed by atoms with van der Waals surface area (Å²) in [5, 5.41) is 9.67. The van der Waals surface area contributed by atoms with Crippen LogP contribution in [0.2, 0.25) is 0 Å². The Morgan fingerprint density at radius 2 is 0.836 bits per heavy atom. The lowest BCUT2D eigenvalue weighted by molar-refractivity contribution is -0.870. The fourth-order valence-corrected chi connectivity index (χ4v) is 8.29. The first-order valence-corrected chi connectivity index (χ1v) is 28.5. The number of hydrogen-bond acceptors (Lipinski definition) is 7. The van der Waals surface area contributed by atoms with E-state index in [-0.39, 0.29) is 32.2 Å². The van der Waals surface area contributed by atoms with Crippen molar-refractivity contribution in [2.75, 3.05) is 47.5 Å². The number of esters is 2. The number of carbonyl (C=O) groups is 3. The predicted molar refractivity (Wildman–Crippen MR) is 281 cm³/mol. The second-order valence-corrected chi connectivity index (χ2v) is 20.6. The van der Waals surface area contributed by atoms with Crippen LogP contribution in [0, 0.1) is 0 Å². The van der Waals surface area contributed by atoms with Gasteiger partial charge in [-0.25, -0.2) is 4.79 Å². The molecular weight excluding hydrogens is 839 g/mol. The van der Waals surface area contributed by atoms with Crippen molar-refractivity contribution in [3.8, 4) is 0 Å². The molecule has 0 saturated heterocycles. The number of carboxylic acids is 1. The van der Waals surface area contributed by atoms with Crippen LogP contribution in [-0.4, -0.2) is 87.4 Å². The zero-order valence-electron chi connectivity index (χ0n) is 44.8. The number of ether oxygens (including phenoxy) is 4. The predicted octanol–water partition coefficient (Wildman–Crippen LogP) is 16.3. The lowest BCUT2D eigenvalue weighted by atomic mass is 10.0. The summed E-state index contributed by atoms with van der Waals surface area (Å²) in [6.07, 6.45) is 55.6. The number of rotatable bonds is 53. The van der Waals surface area contributed by atoms with Crippen LogP contribution in [0.25, 0.3) is 0 Å². The van der Waals surface area contributed by atoms with Gasteiger partial charge in [-0.05, 0) is 38.5 Å². The molecule has 1 N–H and O–H groups in total. The molecule has 0 aromatic rings. The monoisotopic (exact) mass is 949 g/mol. The molecule has 0 amide bonds. The van der Waals surface area contributed by atoms with E-state index in [0.29, 0.717) is 23.9 Å². The summed E-state index contributed by atoms with van der Waals surface area (Å²) in [7, 11) is 5.96. The number of aliphatic carboxylic acids is 1. The van der Waals surface area contributed by atoms with Crippen molar-refractivity contribution in [1.82, 2.24) is 0 Å². The van der Waals surface area contributed by atoms with Crippen molar-refractivity contribution in [3.63, 3.8) is 0 Å². The molecule has 0 aliphatic rings. The van der Waals surface area contributed by atoms with Gasteiger partial charge in [0.15, 0.2) is 6.10 Å². The quantitative estimate of drug-likeness (QED) is 0.0211. The number of quaternary nitrogens is 1. The highest BCUT2D eigenvalue weighted by Gasteiger charge is 2.25. The van der Waals surface area contributed by atoms with Crippen molar-refractivity contribution in [2.45, 2.75) is 283 Å². The Labute approximate surface area is 414 Å². The van der Waals surface area contributed by atoms with Gasteiger partial charge >= 0.3 is 17.9 Å². The number of nitrogens with zero attached hydrogens (tertiary/aromatic N) is 1. The van der Waals surface area contributed by atoms with Crippen molar-refractivity contribution in [1.29, 1.82) is 0 Å². The van der Waals surface area contributed by atoms with Gasteiger partial charge in [-0.2, -0.15) is 0 Å². The van der Waals surface area contributed by atoms with Crippen LogP contribution in [0.5, 0.6) is 0 Å². The van der Waals surface area contributed by atoms with E-state index in [9.17, 15) is 19.5 Å². The molecular formula is C58H110NO8+. The topological polar surface area (TPSA) is 108 Å². The van der Waals surface area contributed by atoms with E-state index in [2.05, 4.69) is 38.2 Å². The highest BCUT2D eigenvalue weighted by atomic mass is 16.7. The summed E-state index contributed by atoms with van der Waals surface area (Å²) < 4.78 is 22.8. The van der Waals surface area contributed by atoms with E-state index in [0.717, 1.165) is 64.2 Å². The zero-order valence-corrected chi connectivity index (χ0v) is 44.8. The molecule has 0 aliphatic heterocycles. The molecule has 0 spiro atoms. The van der Waals surface area contributed by atoms with Gasteiger partial charge in [0.05, 0.1) is 34.4 Å². The Morgan fingerprint density at radius 1 is 0.448 bits per heavy atom. The molecule has 0 aromatic heterocycles. The minimum atomic E-state index is -1.51. The van der Waals surface area contributed by atoms with Crippen LogP contribution in [0.1, 0.15) is 271 Å². The van der Waals surface area contributed by atoms with Crippen LogP contribution in [0.4, 0.5) is 0 Å². The number of carbonyl (C=O) groups excluding carboxylic acids is 2. The smallest absolute Gasteiger partial charge is 0.361 e. The van der Waals surface area contributed by atoms with E-state index >= 15 is 0 Å². The number of carboxylic acid groups (broad SMARTS) is 1. The van der Waals surface area contributed by atoms with Crippen molar-refractivity contribution >= 4 is 17.9 Å². The molecule has 0 aromatic carbocycles. The van der Waals surface area contributed by atoms with Gasteiger partial charge in [0.2, 0.25) is 0 Å². The summed E-state index contributed by atoms with van der Waals surface area (Å²) in [6.45, 7) is 4.83. The van der Waals surface area contributed by atoms with Crippen molar-refractivity contribution in [3.05, 3.63) is 24.3 Å². The molecule has 2 atom stereocenters. The third-order valence-electron chi connectivity index (χ3n) is 12.7. The molecule has 0 fully saturated rings. The lowest BCUT2D eigenvalue weighted by Gasteiger charge is -2.25. The summed E-state index contributed by atoms with van der Waals surface area (Å²) in [5.41, 5.74) is 0. The van der Waals surface area contributed by atoms with Crippen LogP contribution >= 0.6 is 0 Å². The maximum Gasteiger partial charge on any atom is 0.361 e. The maximum absolute atomic E-state index is 12.8. The van der Waals surface area contributed by atoms with Crippen LogP contribution in [0.3, 0.4) is 0 Å². The first kappa shape index (κ1) is 64.8. The molecule has 394 valence electrons. The molecule has 0 rings (SSSR count). The zero-order chi connectivity index (χ0) is 49.2. The first-order chi connectivity index (χ1) is 32.6. The fourth-order valence-electron chi connectivity index (χ4n) is 8.29. The van der Waals surface area contributed by atoms with Gasteiger partial charge in [0.1, 0.15) is 13.2 Å². The van der Waals surface area contributed by atoms with Crippen LogP contribution in [0.15, 0.2) is 24.3 Å².